The zero-order valence-electron chi connectivity index (χ0n) is 4.87. The Morgan fingerprint density at radius 1 is 1.50 bits per heavy atom. The second kappa shape index (κ2) is 3.04. The van der Waals surface area contributed by atoms with Crippen molar-refractivity contribution in [1.82, 2.24) is 0 Å². The third kappa shape index (κ3) is 1.60. The molecule has 0 aliphatic heterocycles. The quantitative estimate of drug-likeness (QED) is 0.445. The topological polar surface area (TPSA) is 26.0 Å². The third-order valence-corrected chi connectivity index (χ3v) is 3.59. The number of nitrogens with two attached hydrogens (primary N) is 1. The molecular weight excluding hydrogens is 312 g/mol. The molecule has 0 atom stereocenters. The molecule has 0 saturated heterocycles. The number of benzene rings is 1. The maximum atomic E-state index is 12.5. The van der Waals surface area contributed by atoms with Crippen molar-refractivity contribution < 1.29 is 4.39 Å². The van der Waals surface area contributed by atoms with Crippen LogP contribution in [0.15, 0.2) is 16.6 Å². The summed E-state index contributed by atoms with van der Waals surface area (Å²) in [5.74, 6) is -0.315. The van der Waals surface area contributed by atoms with Gasteiger partial charge < -0.3 is 5.73 Å². The minimum Gasteiger partial charge on any atom is -0.398 e. The van der Waals surface area contributed by atoms with Gasteiger partial charge in [-0.1, -0.05) is 0 Å². The molecule has 4 heteroatoms. The van der Waals surface area contributed by atoms with E-state index in [9.17, 15) is 4.39 Å². The molecule has 10 heavy (non-hydrogen) atoms. The first-order valence-electron chi connectivity index (χ1n) is 2.51. The molecule has 1 nitrogen and oxygen atoms in total. The molecule has 0 aromatic heterocycles. The summed E-state index contributed by atoms with van der Waals surface area (Å²) >= 11 is 5.22. The zero-order chi connectivity index (χ0) is 7.72. The maximum Gasteiger partial charge on any atom is 0.126 e. The molecule has 1 aromatic rings. The van der Waals surface area contributed by atoms with Gasteiger partial charge >= 0.3 is 0 Å². The van der Waals surface area contributed by atoms with Gasteiger partial charge in [0.25, 0.3) is 0 Å². The monoisotopic (exact) mass is 315 g/mol. The van der Waals surface area contributed by atoms with Crippen LogP contribution in [0.2, 0.25) is 0 Å². The van der Waals surface area contributed by atoms with Crippen LogP contribution in [0.5, 0.6) is 0 Å². The fraction of sp³-hybridized carbons (Fsp3) is 0. The summed E-state index contributed by atoms with van der Waals surface area (Å²) in [5.41, 5.74) is 5.91. The molecule has 0 saturated carbocycles. The van der Waals surface area contributed by atoms with E-state index in [1.165, 1.54) is 12.1 Å². The van der Waals surface area contributed by atoms with Gasteiger partial charge in [0.15, 0.2) is 0 Å². The Kier molecular flexibility index (Phi) is 2.51. The van der Waals surface area contributed by atoms with E-state index < -0.39 is 0 Å². The summed E-state index contributed by atoms with van der Waals surface area (Å²) in [7, 11) is 0. The maximum absolute atomic E-state index is 12.5. The van der Waals surface area contributed by atoms with E-state index >= 15 is 0 Å². The number of hydrogen-bond acceptors (Lipinski definition) is 1. The van der Waals surface area contributed by atoms with Gasteiger partial charge in [0.1, 0.15) is 5.82 Å². The smallest absolute Gasteiger partial charge is 0.126 e. The van der Waals surface area contributed by atoms with E-state index in [1.54, 1.807) is 0 Å². The highest BCUT2D eigenvalue weighted by atomic mass is 127. The van der Waals surface area contributed by atoms with Gasteiger partial charge in [0, 0.05) is 10.2 Å². The zero-order valence-corrected chi connectivity index (χ0v) is 8.61. The molecule has 0 heterocycles. The Labute approximate surface area is 80.1 Å². The van der Waals surface area contributed by atoms with E-state index in [1.807, 2.05) is 22.6 Å². The Morgan fingerprint density at radius 2 is 2.10 bits per heavy atom. The standard InChI is InChI=1S/C6H4BrFIN/c7-4-1-3(8)2-5(10)6(4)9/h1-2H,10H2. The second-order valence-electron chi connectivity index (χ2n) is 1.79. The Hall–Kier alpha value is 0.160. The number of anilines is 1. The van der Waals surface area contributed by atoms with Crippen LogP contribution < -0.4 is 5.73 Å². The normalized spacial score (nSPS) is 9.90. The average molecular weight is 316 g/mol. The molecule has 1 rings (SSSR count). The molecule has 0 spiro atoms. The lowest BCUT2D eigenvalue weighted by molar-refractivity contribution is 0.627. The summed E-state index contributed by atoms with van der Waals surface area (Å²) < 4.78 is 14.0. The average Bonchev–Trinajstić information content (AvgIpc) is 1.82. The minimum atomic E-state index is -0.315. The Morgan fingerprint density at radius 3 is 2.60 bits per heavy atom. The van der Waals surface area contributed by atoms with E-state index in [2.05, 4.69) is 15.9 Å². The lowest BCUT2D eigenvalue weighted by atomic mass is 10.3. The van der Waals surface area contributed by atoms with Crippen LogP contribution >= 0.6 is 38.5 Å². The van der Waals surface area contributed by atoms with E-state index in [0.29, 0.717) is 10.2 Å². The molecule has 1 aromatic carbocycles. The molecule has 0 aliphatic rings. The van der Waals surface area contributed by atoms with Gasteiger partial charge in [-0.3, -0.25) is 0 Å². The van der Waals surface area contributed by atoms with Crippen molar-refractivity contribution in [3.63, 3.8) is 0 Å². The van der Waals surface area contributed by atoms with Crippen LogP contribution in [0.25, 0.3) is 0 Å². The highest BCUT2D eigenvalue weighted by molar-refractivity contribution is 14.1. The first-order chi connectivity index (χ1) is 4.61. The molecule has 0 unspecified atom stereocenters. The van der Waals surface area contributed by atoms with Crippen molar-refractivity contribution >= 4 is 44.2 Å². The van der Waals surface area contributed by atoms with Crippen LogP contribution in [0.3, 0.4) is 0 Å². The molecule has 0 aliphatic carbocycles. The number of hydrogen-bond donors (Lipinski definition) is 1. The van der Waals surface area contributed by atoms with Crippen molar-refractivity contribution in [1.29, 1.82) is 0 Å². The van der Waals surface area contributed by atoms with Crippen molar-refractivity contribution in [2.75, 3.05) is 5.73 Å². The van der Waals surface area contributed by atoms with Crippen LogP contribution in [0.4, 0.5) is 10.1 Å². The minimum absolute atomic E-state index is 0.315. The number of rotatable bonds is 0. The van der Waals surface area contributed by atoms with Gasteiger partial charge in [-0.2, -0.15) is 0 Å². The van der Waals surface area contributed by atoms with Gasteiger partial charge in [0.2, 0.25) is 0 Å². The lowest BCUT2D eigenvalue weighted by Crippen LogP contribution is -1.91. The van der Waals surface area contributed by atoms with E-state index in [4.69, 9.17) is 5.73 Å². The highest BCUT2D eigenvalue weighted by Crippen LogP contribution is 2.25. The summed E-state index contributed by atoms with van der Waals surface area (Å²) in [6.45, 7) is 0. The Bertz CT molecular complexity index is 241. The largest absolute Gasteiger partial charge is 0.398 e. The third-order valence-electron chi connectivity index (χ3n) is 1.02. The van der Waals surface area contributed by atoms with E-state index in [-0.39, 0.29) is 5.82 Å². The van der Waals surface area contributed by atoms with Crippen LogP contribution in [-0.2, 0) is 0 Å². The van der Waals surface area contributed by atoms with E-state index in [0.717, 1.165) is 3.57 Å². The Balaban J connectivity index is 3.31. The van der Waals surface area contributed by atoms with Crippen LogP contribution in [0.1, 0.15) is 0 Å². The number of nitrogen functional groups attached to an aromatic ring is 1. The first-order valence-corrected chi connectivity index (χ1v) is 4.38. The molecule has 2 N–H and O–H groups in total. The second-order valence-corrected chi connectivity index (χ2v) is 3.72. The fourth-order valence-electron chi connectivity index (χ4n) is 0.576. The first kappa shape index (κ1) is 8.26. The lowest BCUT2D eigenvalue weighted by Gasteiger charge is -1.99. The fourth-order valence-corrected chi connectivity index (χ4v) is 1.33. The SMILES string of the molecule is Nc1cc(F)cc(Br)c1I. The van der Waals surface area contributed by atoms with Crippen LogP contribution in [0, 0.1) is 9.39 Å². The number of halogens is 3. The van der Waals surface area contributed by atoms with Gasteiger partial charge in [0.05, 0.1) is 3.57 Å². The molecule has 0 radical (unpaired) electrons. The van der Waals surface area contributed by atoms with Crippen molar-refractivity contribution in [3.8, 4) is 0 Å². The summed E-state index contributed by atoms with van der Waals surface area (Å²) in [6.07, 6.45) is 0. The molecule has 54 valence electrons. The molecule has 0 amide bonds. The predicted molar refractivity (Wildman–Crippen MR) is 51.2 cm³/mol. The molecule has 0 fully saturated rings. The van der Waals surface area contributed by atoms with Gasteiger partial charge in [-0.05, 0) is 50.7 Å². The van der Waals surface area contributed by atoms with Gasteiger partial charge in [-0.25, -0.2) is 4.39 Å². The highest BCUT2D eigenvalue weighted by Gasteiger charge is 2.02. The summed E-state index contributed by atoms with van der Waals surface area (Å²) in [5, 5.41) is 0. The van der Waals surface area contributed by atoms with Crippen LogP contribution in [-0.4, -0.2) is 0 Å². The van der Waals surface area contributed by atoms with Gasteiger partial charge in [-0.15, -0.1) is 0 Å². The summed E-state index contributed by atoms with van der Waals surface area (Å²) in [6, 6.07) is 2.69. The summed E-state index contributed by atoms with van der Waals surface area (Å²) in [4.78, 5) is 0. The van der Waals surface area contributed by atoms with Crippen molar-refractivity contribution in [2.45, 2.75) is 0 Å². The van der Waals surface area contributed by atoms with Crippen molar-refractivity contribution in [3.05, 3.63) is 26.0 Å². The van der Waals surface area contributed by atoms with Crippen molar-refractivity contribution in [2.24, 2.45) is 0 Å². The molecular formula is C6H4BrFIN. The predicted octanol–water partition coefficient (Wildman–Crippen LogP) is 2.78. The molecule has 0 bridgehead atoms.